The number of nitrogens with one attached hydrogen (secondary N) is 2. The Morgan fingerprint density at radius 1 is 1.31 bits per heavy atom. The number of nitrogens with zero attached hydrogens (tertiary/aromatic N) is 2. The highest BCUT2D eigenvalue weighted by Crippen LogP contribution is 2.41. The van der Waals surface area contributed by atoms with E-state index in [0.29, 0.717) is 12.6 Å². The van der Waals surface area contributed by atoms with Gasteiger partial charge in [-0.3, -0.25) is 4.99 Å². The molecule has 1 aliphatic carbocycles. The van der Waals surface area contributed by atoms with Crippen LogP contribution in [0.2, 0.25) is 0 Å². The summed E-state index contributed by atoms with van der Waals surface area (Å²) >= 11 is 1.88. The molecular weight excluding hydrogens is 499 g/mol. The summed E-state index contributed by atoms with van der Waals surface area (Å²) in [7, 11) is 1.84. The van der Waals surface area contributed by atoms with Gasteiger partial charge in [0.15, 0.2) is 5.96 Å². The van der Waals surface area contributed by atoms with E-state index in [1.165, 1.54) is 37.0 Å². The second-order valence-electron chi connectivity index (χ2n) is 7.85. The minimum Gasteiger partial charge on any atom is -0.450 e. The van der Waals surface area contributed by atoms with Gasteiger partial charge in [0.1, 0.15) is 0 Å². The van der Waals surface area contributed by atoms with Crippen LogP contribution in [0.25, 0.3) is 0 Å². The molecule has 1 aliphatic heterocycles. The van der Waals surface area contributed by atoms with E-state index >= 15 is 0 Å². The first-order valence-corrected chi connectivity index (χ1v) is 11.5. The number of guanidine groups is 1. The number of hydrogen-bond acceptors (Lipinski definition) is 4. The third-order valence-corrected chi connectivity index (χ3v) is 7.15. The Kier molecular flexibility index (Phi) is 10.0. The van der Waals surface area contributed by atoms with Gasteiger partial charge in [0.2, 0.25) is 0 Å². The number of thiophene rings is 1. The molecule has 3 rings (SSSR count). The first-order valence-electron chi connectivity index (χ1n) is 10.6. The van der Waals surface area contributed by atoms with E-state index in [4.69, 9.17) is 4.74 Å². The van der Waals surface area contributed by atoms with E-state index in [1.807, 2.05) is 25.3 Å². The van der Waals surface area contributed by atoms with Crippen molar-refractivity contribution in [2.45, 2.75) is 63.3 Å². The fourth-order valence-corrected chi connectivity index (χ4v) is 5.37. The van der Waals surface area contributed by atoms with E-state index in [0.717, 1.165) is 38.4 Å². The lowest BCUT2D eigenvalue weighted by molar-refractivity contribution is 0.0963. The van der Waals surface area contributed by atoms with Crippen LogP contribution in [-0.2, 0) is 10.2 Å². The molecule has 8 heteroatoms. The van der Waals surface area contributed by atoms with Crippen molar-refractivity contribution in [3.8, 4) is 0 Å². The molecule has 6 nitrogen and oxygen atoms in total. The monoisotopic (exact) mass is 534 g/mol. The van der Waals surface area contributed by atoms with E-state index in [2.05, 4.69) is 33.1 Å². The largest absolute Gasteiger partial charge is 0.450 e. The number of rotatable bonds is 5. The molecule has 0 aromatic carbocycles. The molecule has 2 N–H and O–H groups in total. The normalized spacial score (nSPS) is 19.9. The summed E-state index contributed by atoms with van der Waals surface area (Å²) < 4.78 is 5.10. The van der Waals surface area contributed by atoms with Crippen molar-refractivity contribution in [3.63, 3.8) is 0 Å². The topological polar surface area (TPSA) is 66.0 Å². The molecule has 0 radical (unpaired) electrons. The smallest absolute Gasteiger partial charge is 0.409 e. The third kappa shape index (κ3) is 6.47. The molecule has 0 bridgehead atoms. The third-order valence-electron chi connectivity index (χ3n) is 6.03. The summed E-state index contributed by atoms with van der Waals surface area (Å²) in [4.78, 5) is 19.6. The Morgan fingerprint density at radius 3 is 2.62 bits per heavy atom. The van der Waals surface area contributed by atoms with Gasteiger partial charge in [-0.1, -0.05) is 25.3 Å². The SMILES string of the molecule is CCOC(=O)N1CCC(NC(=NC)NCC2(c3cccs3)CCCCC2)CC1.I. The first-order chi connectivity index (χ1) is 13.7. The van der Waals surface area contributed by atoms with Gasteiger partial charge in [-0.15, -0.1) is 35.3 Å². The maximum absolute atomic E-state index is 11.9. The van der Waals surface area contributed by atoms with Gasteiger partial charge < -0.3 is 20.3 Å². The van der Waals surface area contributed by atoms with Gasteiger partial charge >= 0.3 is 6.09 Å². The quantitative estimate of drug-likeness (QED) is 0.335. The van der Waals surface area contributed by atoms with Crippen LogP contribution in [-0.4, -0.2) is 56.3 Å². The van der Waals surface area contributed by atoms with Crippen LogP contribution in [0.1, 0.15) is 56.7 Å². The predicted octanol–water partition coefficient (Wildman–Crippen LogP) is 4.35. The predicted molar refractivity (Wildman–Crippen MR) is 131 cm³/mol. The molecule has 29 heavy (non-hydrogen) atoms. The van der Waals surface area contributed by atoms with Gasteiger partial charge in [0.25, 0.3) is 0 Å². The number of halogens is 1. The molecule has 1 amide bonds. The van der Waals surface area contributed by atoms with Gasteiger partial charge in [-0.2, -0.15) is 0 Å². The molecule has 0 spiro atoms. The fourth-order valence-electron chi connectivity index (χ4n) is 4.38. The molecule has 2 fully saturated rings. The van der Waals surface area contributed by atoms with Crippen LogP contribution in [0.4, 0.5) is 4.79 Å². The average molecular weight is 535 g/mol. The molecule has 2 heterocycles. The Labute approximate surface area is 195 Å². The van der Waals surface area contributed by atoms with E-state index in [-0.39, 0.29) is 35.5 Å². The number of ether oxygens (including phenoxy) is 1. The minimum atomic E-state index is -0.196. The molecule has 1 saturated carbocycles. The van der Waals surface area contributed by atoms with Crippen molar-refractivity contribution in [3.05, 3.63) is 22.4 Å². The van der Waals surface area contributed by atoms with Gasteiger partial charge in [0.05, 0.1) is 6.61 Å². The Bertz CT molecular complexity index is 639. The van der Waals surface area contributed by atoms with Gasteiger partial charge in [-0.25, -0.2) is 4.79 Å². The fraction of sp³-hybridized carbons (Fsp3) is 0.714. The second-order valence-corrected chi connectivity index (χ2v) is 8.80. The summed E-state index contributed by atoms with van der Waals surface area (Å²) in [5.74, 6) is 0.871. The summed E-state index contributed by atoms with van der Waals surface area (Å²) in [6, 6.07) is 4.79. The zero-order valence-corrected chi connectivity index (χ0v) is 20.8. The highest BCUT2D eigenvalue weighted by molar-refractivity contribution is 14.0. The lowest BCUT2D eigenvalue weighted by atomic mass is 9.73. The van der Waals surface area contributed by atoms with Crippen molar-refractivity contribution in [2.75, 3.05) is 33.3 Å². The average Bonchev–Trinajstić information content (AvgIpc) is 3.28. The molecule has 0 atom stereocenters. The van der Waals surface area contributed by atoms with Crippen molar-refractivity contribution in [2.24, 2.45) is 4.99 Å². The maximum Gasteiger partial charge on any atom is 0.409 e. The number of carbonyl (C=O) groups excluding carboxylic acids is 1. The lowest BCUT2D eigenvalue weighted by Crippen LogP contribution is -2.52. The Balaban J connectivity index is 0.00000300. The van der Waals surface area contributed by atoms with Crippen LogP contribution in [0, 0.1) is 0 Å². The summed E-state index contributed by atoms with van der Waals surface area (Å²) in [5.41, 5.74) is 0.233. The van der Waals surface area contributed by atoms with Crippen LogP contribution < -0.4 is 10.6 Å². The van der Waals surface area contributed by atoms with Crippen LogP contribution >= 0.6 is 35.3 Å². The number of carbonyl (C=O) groups is 1. The highest BCUT2D eigenvalue weighted by Gasteiger charge is 2.35. The van der Waals surface area contributed by atoms with Crippen LogP contribution in [0.5, 0.6) is 0 Å². The van der Waals surface area contributed by atoms with E-state index < -0.39 is 0 Å². The molecule has 164 valence electrons. The maximum atomic E-state index is 11.9. The molecule has 1 saturated heterocycles. The zero-order chi connectivity index (χ0) is 19.8. The molecular formula is C21H35IN4O2S. The summed E-state index contributed by atoms with van der Waals surface area (Å²) in [6.45, 7) is 4.66. The highest BCUT2D eigenvalue weighted by atomic mass is 127. The number of amides is 1. The number of hydrogen-bond donors (Lipinski definition) is 2. The van der Waals surface area contributed by atoms with Gasteiger partial charge in [0, 0.05) is 43.0 Å². The number of piperidine rings is 1. The summed E-state index contributed by atoms with van der Waals surface area (Å²) in [6.07, 6.45) is 8.07. The van der Waals surface area contributed by atoms with E-state index in [9.17, 15) is 4.79 Å². The van der Waals surface area contributed by atoms with Crippen LogP contribution in [0.15, 0.2) is 22.5 Å². The van der Waals surface area contributed by atoms with Gasteiger partial charge in [-0.05, 0) is 44.1 Å². The van der Waals surface area contributed by atoms with E-state index in [1.54, 1.807) is 4.90 Å². The standard InChI is InChI=1S/C21H34N4O2S.HI/c1-3-27-20(26)25-13-9-17(10-14-25)24-19(22-2)23-16-21(11-5-4-6-12-21)18-8-7-15-28-18;/h7-8,15,17H,3-6,9-14,16H2,1-2H3,(H2,22,23,24);1H. The van der Waals surface area contributed by atoms with Crippen molar-refractivity contribution < 1.29 is 9.53 Å². The lowest BCUT2D eigenvalue weighted by Gasteiger charge is -2.38. The Morgan fingerprint density at radius 2 is 2.03 bits per heavy atom. The first kappa shape index (κ1) is 24.2. The zero-order valence-electron chi connectivity index (χ0n) is 17.6. The molecule has 1 aromatic rings. The number of aliphatic imine (C=N–C) groups is 1. The van der Waals surface area contributed by atoms with Crippen molar-refractivity contribution >= 4 is 47.4 Å². The van der Waals surface area contributed by atoms with Crippen molar-refractivity contribution in [1.29, 1.82) is 0 Å². The van der Waals surface area contributed by atoms with Crippen LogP contribution in [0.3, 0.4) is 0 Å². The number of likely N-dealkylation sites (tertiary alicyclic amines) is 1. The molecule has 1 aromatic heterocycles. The van der Waals surface area contributed by atoms with Crippen molar-refractivity contribution in [1.82, 2.24) is 15.5 Å². The minimum absolute atomic E-state index is 0. The second kappa shape index (κ2) is 12.0. The molecule has 2 aliphatic rings. The Hall–Kier alpha value is -1.03. The molecule has 0 unspecified atom stereocenters. The summed E-state index contributed by atoms with van der Waals surface area (Å²) in [5, 5.41) is 9.36.